The van der Waals surface area contributed by atoms with Crippen molar-refractivity contribution < 1.29 is 4.79 Å². The number of thioether (sulfide) groups is 1. The molecular weight excluding hydrogens is 406 g/mol. The minimum atomic E-state index is -0.0900. The van der Waals surface area contributed by atoms with Gasteiger partial charge in [0.2, 0.25) is 5.91 Å². The summed E-state index contributed by atoms with van der Waals surface area (Å²) in [5, 5.41) is 4.76. The Morgan fingerprint density at radius 3 is 2.79 bits per heavy atom. The maximum atomic E-state index is 12.1. The number of fused-ring (bicyclic) bond motifs is 1. The Labute approximate surface area is 175 Å². The minimum absolute atomic E-state index is 0.0357. The summed E-state index contributed by atoms with van der Waals surface area (Å²) in [7, 11) is 0. The molecule has 4 rings (SSSR count). The van der Waals surface area contributed by atoms with Gasteiger partial charge in [-0.05, 0) is 11.1 Å². The van der Waals surface area contributed by atoms with Crippen LogP contribution in [-0.4, -0.2) is 30.6 Å². The van der Waals surface area contributed by atoms with Crippen LogP contribution in [0.2, 0.25) is 0 Å². The molecule has 4 aromatic rings. The quantitative estimate of drug-likeness (QED) is 0.469. The number of rotatable bonds is 8. The highest BCUT2D eigenvalue weighted by Gasteiger charge is 2.06. The molecule has 0 aliphatic heterocycles. The lowest BCUT2D eigenvalue weighted by atomic mass is 10.1. The zero-order chi connectivity index (χ0) is 20.1. The van der Waals surface area contributed by atoms with Gasteiger partial charge >= 0.3 is 0 Å². The van der Waals surface area contributed by atoms with E-state index in [1.165, 1.54) is 39.1 Å². The van der Waals surface area contributed by atoms with Gasteiger partial charge in [0.15, 0.2) is 4.96 Å². The number of nitrogens with zero attached hydrogens (tertiary/aromatic N) is 4. The predicted molar refractivity (Wildman–Crippen MR) is 115 cm³/mol. The third kappa shape index (κ3) is 5.12. The van der Waals surface area contributed by atoms with Gasteiger partial charge in [-0.2, -0.15) is 0 Å². The lowest BCUT2D eigenvalue weighted by Gasteiger charge is -2.07. The summed E-state index contributed by atoms with van der Waals surface area (Å²) in [6.07, 6.45) is 7.19. The van der Waals surface area contributed by atoms with Crippen molar-refractivity contribution in [2.45, 2.75) is 18.8 Å². The molecule has 0 atom stereocenters. The van der Waals surface area contributed by atoms with Crippen LogP contribution >= 0.6 is 23.1 Å². The molecule has 0 fully saturated rings. The Hall–Kier alpha value is -2.91. The molecule has 1 amide bonds. The van der Waals surface area contributed by atoms with E-state index in [9.17, 15) is 9.59 Å². The van der Waals surface area contributed by atoms with Gasteiger partial charge in [-0.15, -0.1) is 23.1 Å². The van der Waals surface area contributed by atoms with Gasteiger partial charge < -0.3 is 9.88 Å². The van der Waals surface area contributed by atoms with Gasteiger partial charge in [0, 0.05) is 48.9 Å². The van der Waals surface area contributed by atoms with Crippen LogP contribution in [0.15, 0.2) is 65.4 Å². The number of hydrogen-bond donors (Lipinski definition) is 1. The summed E-state index contributed by atoms with van der Waals surface area (Å²) in [6, 6.07) is 9.68. The number of thiazole rings is 1. The second-order valence-electron chi connectivity index (χ2n) is 6.46. The molecule has 1 aromatic carbocycles. The number of carbonyl (C=O) groups is 1. The molecule has 148 valence electrons. The van der Waals surface area contributed by atoms with Crippen molar-refractivity contribution in [2.75, 3.05) is 5.75 Å². The van der Waals surface area contributed by atoms with E-state index in [1.807, 2.05) is 28.3 Å². The average molecular weight is 426 g/mol. The molecule has 0 saturated heterocycles. The summed E-state index contributed by atoms with van der Waals surface area (Å²) in [4.78, 5) is 33.2. The summed E-state index contributed by atoms with van der Waals surface area (Å²) in [5.41, 5.74) is 2.84. The van der Waals surface area contributed by atoms with Crippen LogP contribution in [0.4, 0.5) is 0 Å². The Balaban J connectivity index is 1.22. The molecule has 0 aliphatic carbocycles. The van der Waals surface area contributed by atoms with Gasteiger partial charge in [0.1, 0.15) is 0 Å². The van der Waals surface area contributed by atoms with Gasteiger partial charge in [-0.1, -0.05) is 24.3 Å². The number of carbonyl (C=O) groups excluding carboxylic acids is 1. The topological polar surface area (TPSA) is 81.3 Å². The molecular formula is C20H19N5O2S2. The van der Waals surface area contributed by atoms with Crippen molar-refractivity contribution in [1.82, 2.24) is 24.3 Å². The molecule has 3 heterocycles. The summed E-state index contributed by atoms with van der Waals surface area (Å²) in [5.74, 6) is 0.816. The fraction of sp³-hybridized carbons (Fsp3) is 0.200. The molecule has 3 aromatic heterocycles. The Morgan fingerprint density at radius 1 is 1.17 bits per heavy atom. The zero-order valence-corrected chi connectivity index (χ0v) is 17.2. The van der Waals surface area contributed by atoms with Crippen LogP contribution in [0.3, 0.4) is 0 Å². The number of hydrogen-bond acceptors (Lipinski definition) is 6. The van der Waals surface area contributed by atoms with E-state index in [0.717, 1.165) is 12.1 Å². The van der Waals surface area contributed by atoms with Crippen molar-refractivity contribution in [2.24, 2.45) is 0 Å². The van der Waals surface area contributed by atoms with Crippen molar-refractivity contribution in [3.8, 4) is 0 Å². The number of imidazole rings is 1. The van der Waals surface area contributed by atoms with E-state index in [1.54, 1.807) is 18.7 Å². The first-order valence-electron chi connectivity index (χ1n) is 9.01. The molecule has 7 nitrogen and oxygen atoms in total. The smallest absolute Gasteiger partial charge is 0.258 e. The van der Waals surface area contributed by atoms with Crippen molar-refractivity contribution in [1.29, 1.82) is 0 Å². The lowest BCUT2D eigenvalue weighted by Crippen LogP contribution is -2.24. The minimum Gasteiger partial charge on any atom is -0.351 e. The number of aromatic nitrogens is 4. The van der Waals surface area contributed by atoms with Crippen LogP contribution in [-0.2, 0) is 23.6 Å². The molecule has 1 N–H and O–H groups in total. The molecule has 0 bridgehead atoms. The highest BCUT2D eigenvalue weighted by molar-refractivity contribution is 7.99. The molecule has 0 saturated carbocycles. The summed E-state index contributed by atoms with van der Waals surface area (Å²) >= 11 is 2.87. The summed E-state index contributed by atoms with van der Waals surface area (Å²) < 4.78 is 3.53. The zero-order valence-electron chi connectivity index (χ0n) is 15.5. The monoisotopic (exact) mass is 425 g/mol. The Morgan fingerprint density at radius 2 is 2.00 bits per heavy atom. The van der Waals surface area contributed by atoms with Crippen molar-refractivity contribution in [3.63, 3.8) is 0 Å². The molecule has 0 radical (unpaired) electrons. The van der Waals surface area contributed by atoms with E-state index in [2.05, 4.69) is 27.4 Å². The Bertz CT molecular complexity index is 1150. The third-order valence-corrected chi connectivity index (χ3v) is 6.00. The number of amides is 1. The van der Waals surface area contributed by atoms with E-state index in [-0.39, 0.29) is 11.5 Å². The molecule has 29 heavy (non-hydrogen) atoms. The van der Waals surface area contributed by atoms with E-state index in [0.29, 0.717) is 28.7 Å². The first kappa shape index (κ1) is 19.4. The van der Waals surface area contributed by atoms with E-state index < -0.39 is 0 Å². The molecule has 0 aliphatic rings. The van der Waals surface area contributed by atoms with Gasteiger partial charge in [-0.25, -0.2) is 9.97 Å². The largest absolute Gasteiger partial charge is 0.351 e. The third-order valence-electron chi connectivity index (χ3n) is 4.28. The van der Waals surface area contributed by atoms with Crippen molar-refractivity contribution >= 4 is 34.0 Å². The Kier molecular flexibility index (Phi) is 6.06. The average Bonchev–Trinajstić information content (AvgIpc) is 3.39. The second-order valence-corrected chi connectivity index (χ2v) is 8.32. The van der Waals surface area contributed by atoms with Crippen LogP contribution in [0.25, 0.3) is 4.96 Å². The lowest BCUT2D eigenvalue weighted by molar-refractivity contribution is -0.118. The normalized spacial score (nSPS) is 11.0. The fourth-order valence-electron chi connectivity index (χ4n) is 2.82. The second kappa shape index (κ2) is 9.06. The van der Waals surface area contributed by atoms with Crippen LogP contribution < -0.4 is 10.9 Å². The molecule has 0 spiro atoms. The van der Waals surface area contributed by atoms with Gasteiger partial charge in [0.05, 0.1) is 17.8 Å². The fourth-order valence-corrected chi connectivity index (χ4v) is 4.30. The summed E-state index contributed by atoms with van der Waals surface area (Å²) in [6.45, 7) is 1.27. The first-order chi connectivity index (χ1) is 14.2. The molecule has 0 unspecified atom stereocenters. The van der Waals surface area contributed by atoms with Gasteiger partial charge in [-0.3, -0.25) is 14.0 Å². The number of benzene rings is 1. The number of nitrogens with one attached hydrogen (secondary N) is 1. The predicted octanol–water partition coefficient (Wildman–Crippen LogP) is 2.55. The van der Waals surface area contributed by atoms with E-state index >= 15 is 0 Å². The van der Waals surface area contributed by atoms with Crippen LogP contribution in [0, 0.1) is 0 Å². The van der Waals surface area contributed by atoms with Gasteiger partial charge in [0.25, 0.3) is 5.56 Å². The van der Waals surface area contributed by atoms with Crippen molar-refractivity contribution in [3.05, 3.63) is 87.8 Å². The van der Waals surface area contributed by atoms with Crippen LogP contribution in [0.5, 0.6) is 0 Å². The highest BCUT2D eigenvalue weighted by Crippen LogP contribution is 2.12. The highest BCUT2D eigenvalue weighted by atomic mass is 32.2. The maximum absolute atomic E-state index is 12.1. The first-order valence-corrected chi connectivity index (χ1v) is 11.0. The van der Waals surface area contributed by atoms with E-state index in [4.69, 9.17) is 0 Å². The van der Waals surface area contributed by atoms with Crippen LogP contribution in [0.1, 0.15) is 16.8 Å². The molecule has 9 heteroatoms. The standard InChI is InChI=1S/C20H19N5O2S2/c26-18(13-28-12-17-9-19(27)25-7-8-29-20(25)23-17)22-10-15-1-3-16(4-2-15)11-24-6-5-21-14-24/h1-9,14H,10-13H2,(H,22,26). The maximum Gasteiger partial charge on any atom is 0.258 e. The SMILES string of the molecule is O=C(CSCc1cc(=O)n2ccsc2n1)NCc1ccc(Cn2ccnc2)cc1.